The molecule has 1 aliphatic heterocycles. The maximum atomic E-state index is 12.1. The van der Waals surface area contributed by atoms with Crippen molar-refractivity contribution >= 4 is 0 Å². The van der Waals surface area contributed by atoms with Crippen LogP contribution >= 0.6 is 0 Å². The summed E-state index contributed by atoms with van der Waals surface area (Å²) in [4.78, 5) is 4.16. The molecule has 1 aliphatic rings. The Morgan fingerprint density at radius 2 is 1.57 bits per heavy atom. The molecule has 1 fully saturated rings. The first-order valence-electron chi connectivity index (χ1n) is 5.10. The van der Waals surface area contributed by atoms with Crippen LogP contribution in [0.15, 0.2) is 0 Å². The highest BCUT2D eigenvalue weighted by Crippen LogP contribution is 2.07. The van der Waals surface area contributed by atoms with Gasteiger partial charge in [0.25, 0.3) is 6.43 Å². The summed E-state index contributed by atoms with van der Waals surface area (Å²) < 4.78 is 24.1. The van der Waals surface area contributed by atoms with E-state index < -0.39 is 6.43 Å². The van der Waals surface area contributed by atoms with E-state index in [-0.39, 0.29) is 6.54 Å². The van der Waals surface area contributed by atoms with E-state index in [4.69, 9.17) is 0 Å². The molecule has 0 atom stereocenters. The fourth-order valence-corrected chi connectivity index (χ4v) is 1.77. The number of halogens is 2. The smallest absolute Gasteiger partial charge is 0.251 e. The molecule has 0 aromatic heterocycles. The van der Waals surface area contributed by atoms with E-state index in [1.165, 1.54) is 5.92 Å². The average molecular weight is 205 g/mol. The van der Waals surface area contributed by atoms with Crippen LogP contribution < -0.4 is 0 Å². The van der Waals surface area contributed by atoms with Gasteiger partial charge in [-0.1, -0.05) is 13.8 Å². The summed E-state index contributed by atoms with van der Waals surface area (Å²) in [7, 11) is 0. The zero-order valence-corrected chi connectivity index (χ0v) is 8.97. The van der Waals surface area contributed by atoms with Crippen molar-refractivity contribution in [2.24, 2.45) is 0 Å². The predicted molar refractivity (Wildman–Crippen MR) is 53.5 cm³/mol. The lowest BCUT2D eigenvalue weighted by Crippen LogP contribution is -2.48. The molecule has 1 rings (SSSR count). The van der Waals surface area contributed by atoms with E-state index in [0.717, 1.165) is 32.7 Å². The van der Waals surface area contributed by atoms with Crippen molar-refractivity contribution in [2.75, 3.05) is 39.3 Å². The second kappa shape index (κ2) is 5.61. The Labute approximate surface area is 84.9 Å². The Morgan fingerprint density at radius 1 is 1.07 bits per heavy atom. The molecule has 0 aromatic rings. The van der Waals surface area contributed by atoms with Gasteiger partial charge in [-0.3, -0.25) is 4.90 Å². The van der Waals surface area contributed by atoms with E-state index in [2.05, 4.69) is 18.7 Å². The van der Waals surface area contributed by atoms with Gasteiger partial charge in [-0.25, -0.2) is 8.78 Å². The van der Waals surface area contributed by atoms with E-state index in [9.17, 15) is 8.78 Å². The first kappa shape index (κ1) is 11.9. The van der Waals surface area contributed by atoms with E-state index in [1.54, 1.807) is 0 Å². The van der Waals surface area contributed by atoms with Crippen LogP contribution in [0.2, 0.25) is 0 Å². The number of rotatable bonds is 4. The van der Waals surface area contributed by atoms with Gasteiger partial charge in [-0.05, 0) is 5.92 Å². The van der Waals surface area contributed by atoms with Crippen molar-refractivity contribution in [3.05, 3.63) is 5.92 Å². The Hall–Kier alpha value is -0.220. The van der Waals surface area contributed by atoms with Crippen LogP contribution in [0.1, 0.15) is 13.8 Å². The molecule has 0 spiro atoms. The minimum atomic E-state index is -2.19. The van der Waals surface area contributed by atoms with Gasteiger partial charge in [0.15, 0.2) is 0 Å². The van der Waals surface area contributed by atoms with Gasteiger partial charge < -0.3 is 4.90 Å². The molecule has 2 nitrogen and oxygen atoms in total. The molecule has 1 radical (unpaired) electrons. The normalized spacial score (nSPS) is 21.0. The largest absolute Gasteiger partial charge is 0.300 e. The van der Waals surface area contributed by atoms with Crippen LogP contribution in [0.3, 0.4) is 0 Å². The van der Waals surface area contributed by atoms with Gasteiger partial charge in [-0.2, -0.15) is 0 Å². The maximum absolute atomic E-state index is 12.1. The number of nitrogens with zero attached hydrogens (tertiary/aromatic N) is 2. The molecule has 83 valence electrons. The molecule has 0 bridgehead atoms. The molecular formula is C10H19F2N2. The highest BCUT2D eigenvalue weighted by atomic mass is 19.3. The Bertz CT molecular complexity index is 136. The Morgan fingerprint density at radius 3 is 2.00 bits per heavy atom. The minimum Gasteiger partial charge on any atom is -0.300 e. The summed E-state index contributed by atoms with van der Waals surface area (Å²) in [5.41, 5.74) is 0. The third kappa shape index (κ3) is 4.33. The second-order valence-electron chi connectivity index (χ2n) is 4.17. The van der Waals surface area contributed by atoms with Crippen molar-refractivity contribution in [2.45, 2.75) is 20.3 Å². The van der Waals surface area contributed by atoms with Crippen LogP contribution in [0, 0.1) is 5.92 Å². The van der Waals surface area contributed by atoms with E-state index >= 15 is 0 Å². The zero-order valence-electron chi connectivity index (χ0n) is 8.97. The third-order valence-corrected chi connectivity index (χ3v) is 2.40. The van der Waals surface area contributed by atoms with Crippen molar-refractivity contribution in [1.82, 2.24) is 9.80 Å². The SMILES string of the molecule is C[C](C)CN1CCN(CC(F)F)CC1. The van der Waals surface area contributed by atoms with Crippen LogP contribution in [-0.2, 0) is 0 Å². The molecule has 0 unspecified atom stereocenters. The summed E-state index contributed by atoms with van der Waals surface area (Å²) >= 11 is 0. The van der Waals surface area contributed by atoms with Gasteiger partial charge in [0.05, 0.1) is 6.54 Å². The zero-order chi connectivity index (χ0) is 10.6. The number of hydrogen-bond acceptors (Lipinski definition) is 2. The molecule has 0 N–H and O–H groups in total. The lowest BCUT2D eigenvalue weighted by molar-refractivity contribution is 0.0575. The van der Waals surface area contributed by atoms with Crippen LogP contribution in [-0.4, -0.2) is 55.5 Å². The van der Waals surface area contributed by atoms with Crippen molar-refractivity contribution in [3.63, 3.8) is 0 Å². The van der Waals surface area contributed by atoms with Crippen LogP contribution in [0.4, 0.5) is 8.78 Å². The van der Waals surface area contributed by atoms with Gasteiger partial charge >= 0.3 is 0 Å². The topological polar surface area (TPSA) is 6.48 Å². The minimum absolute atomic E-state index is 0.0668. The highest BCUT2D eigenvalue weighted by molar-refractivity contribution is 4.84. The fourth-order valence-electron chi connectivity index (χ4n) is 1.77. The average Bonchev–Trinajstić information content (AvgIpc) is 2.06. The van der Waals surface area contributed by atoms with E-state index in [0.29, 0.717) is 0 Å². The monoisotopic (exact) mass is 205 g/mol. The van der Waals surface area contributed by atoms with E-state index in [1.807, 2.05) is 4.90 Å². The first-order chi connectivity index (χ1) is 6.58. The lowest BCUT2D eigenvalue weighted by Gasteiger charge is -2.35. The fraction of sp³-hybridized carbons (Fsp3) is 0.900. The van der Waals surface area contributed by atoms with Crippen molar-refractivity contribution in [3.8, 4) is 0 Å². The number of hydrogen-bond donors (Lipinski definition) is 0. The molecule has 4 heteroatoms. The van der Waals surface area contributed by atoms with Crippen LogP contribution in [0.5, 0.6) is 0 Å². The predicted octanol–water partition coefficient (Wildman–Crippen LogP) is 1.48. The first-order valence-corrected chi connectivity index (χ1v) is 5.10. The Kier molecular flexibility index (Phi) is 4.75. The highest BCUT2D eigenvalue weighted by Gasteiger charge is 2.19. The summed E-state index contributed by atoms with van der Waals surface area (Å²) in [6.45, 7) is 8.52. The van der Waals surface area contributed by atoms with Gasteiger partial charge in [-0.15, -0.1) is 0 Å². The Balaban J connectivity index is 2.17. The van der Waals surface area contributed by atoms with Gasteiger partial charge in [0.1, 0.15) is 0 Å². The second-order valence-corrected chi connectivity index (χ2v) is 4.17. The third-order valence-electron chi connectivity index (χ3n) is 2.40. The lowest BCUT2D eigenvalue weighted by atomic mass is 10.2. The summed E-state index contributed by atoms with van der Waals surface area (Å²) in [5, 5.41) is 0. The summed E-state index contributed by atoms with van der Waals surface area (Å²) in [6.07, 6.45) is -2.19. The summed E-state index contributed by atoms with van der Waals surface area (Å²) in [5.74, 6) is 1.38. The molecule has 0 amide bonds. The molecule has 0 aromatic carbocycles. The maximum Gasteiger partial charge on any atom is 0.251 e. The number of piperazine rings is 1. The number of alkyl halides is 2. The summed E-state index contributed by atoms with van der Waals surface area (Å²) in [6, 6.07) is 0. The standard InChI is InChI=1S/C10H19F2N2/c1-9(2)7-13-3-5-14(6-4-13)8-10(11)12/h10H,3-8H2,1-2H3. The van der Waals surface area contributed by atoms with Gasteiger partial charge in [0.2, 0.25) is 0 Å². The molecule has 0 aliphatic carbocycles. The quantitative estimate of drug-likeness (QED) is 0.686. The molecule has 1 saturated heterocycles. The van der Waals surface area contributed by atoms with Gasteiger partial charge in [0, 0.05) is 32.7 Å². The van der Waals surface area contributed by atoms with Crippen molar-refractivity contribution < 1.29 is 8.78 Å². The van der Waals surface area contributed by atoms with Crippen LogP contribution in [0.25, 0.3) is 0 Å². The molecule has 0 saturated carbocycles. The molecular weight excluding hydrogens is 186 g/mol. The molecule has 1 heterocycles. The van der Waals surface area contributed by atoms with Crippen molar-refractivity contribution in [1.29, 1.82) is 0 Å². The molecule has 14 heavy (non-hydrogen) atoms.